The summed E-state index contributed by atoms with van der Waals surface area (Å²) >= 11 is 0. The van der Waals surface area contributed by atoms with Gasteiger partial charge in [0.1, 0.15) is 0 Å². The molecule has 0 fully saturated rings. The SMILES string of the molecule is CCC(CC(=O)c1ccccc1)OC. The van der Waals surface area contributed by atoms with Crippen LogP contribution in [0.3, 0.4) is 0 Å². The zero-order valence-electron chi connectivity index (χ0n) is 8.69. The van der Waals surface area contributed by atoms with Crippen molar-refractivity contribution in [3.8, 4) is 0 Å². The van der Waals surface area contributed by atoms with Gasteiger partial charge in [0.2, 0.25) is 0 Å². The molecule has 0 aliphatic heterocycles. The molecule has 0 saturated carbocycles. The third-order valence-corrected chi connectivity index (χ3v) is 2.30. The number of rotatable bonds is 5. The lowest BCUT2D eigenvalue weighted by Crippen LogP contribution is -2.15. The van der Waals surface area contributed by atoms with Gasteiger partial charge < -0.3 is 4.74 Å². The molecular weight excluding hydrogens is 176 g/mol. The minimum atomic E-state index is 0.0442. The highest BCUT2D eigenvalue weighted by molar-refractivity contribution is 5.96. The van der Waals surface area contributed by atoms with Crippen LogP contribution in [0.5, 0.6) is 0 Å². The van der Waals surface area contributed by atoms with E-state index < -0.39 is 0 Å². The third kappa shape index (κ3) is 2.96. The zero-order chi connectivity index (χ0) is 10.4. The average Bonchev–Trinajstić information content (AvgIpc) is 2.26. The van der Waals surface area contributed by atoms with E-state index in [1.54, 1.807) is 7.11 Å². The van der Waals surface area contributed by atoms with E-state index in [0.717, 1.165) is 12.0 Å². The molecule has 2 heteroatoms. The normalized spacial score (nSPS) is 12.4. The van der Waals surface area contributed by atoms with Crippen molar-refractivity contribution in [2.24, 2.45) is 0 Å². The van der Waals surface area contributed by atoms with Crippen molar-refractivity contribution in [1.29, 1.82) is 0 Å². The van der Waals surface area contributed by atoms with Crippen molar-refractivity contribution >= 4 is 5.78 Å². The highest BCUT2D eigenvalue weighted by Crippen LogP contribution is 2.09. The van der Waals surface area contributed by atoms with Crippen molar-refractivity contribution in [2.75, 3.05) is 7.11 Å². The fourth-order valence-electron chi connectivity index (χ4n) is 1.34. The molecule has 0 amide bonds. The number of benzene rings is 1. The predicted molar refractivity (Wildman–Crippen MR) is 56.5 cm³/mol. The summed E-state index contributed by atoms with van der Waals surface area (Å²) in [7, 11) is 1.65. The Morgan fingerprint density at radius 1 is 1.36 bits per heavy atom. The van der Waals surface area contributed by atoms with Gasteiger partial charge in [0.25, 0.3) is 0 Å². The van der Waals surface area contributed by atoms with E-state index >= 15 is 0 Å². The van der Waals surface area contributed by atoms with Gasteiger partial charge in [-0.15, -0.1) is 0 Å². The van der Waals surface area contributed by atoms with Crippen molar-refractivity contribution in [1.82, 2.24) is 0 Å². The molecule has 0 aliphatic carbocycles. The topological polar surface area (TPSA) is 26.3 Å². The van der Waals surface area contributed by atoms with Crippen LogP contribution < -0.4 is 0 Å². The van der Waals surface area contributed by atoms with Gasteiger partial charge in [0, 0.05) is 19.1 Å². The zero-order valence-corrected chi connectivity index (χ0v) is 8.69. The third-order valence-electron chi connectivity index (χ3n) is 2.30. The summed E-state index contributed by atoms with van der Waals surface area (Å²) in [5.74, 6) is 0.152. The van der Waals surface area contributed by atoms with Crippen LogP contribution in [0.2, 0.25) is 0 Å². The molecule has 1 aromatic carbocycles. The van der Waals surface area contributed by atoms with Gasteiger partial charge in [0.15, 0.2) is 5.78 Å². The second-order valence-corrected chi connectivity index (χ2v) is 3.26. The Labute approximate surface area is 84.9 Å². The van der Waals surface area contributed by atoms with Crippen LogP contribution in [0.1, 0.15) is 30.1 Å². The summed E-state index contributed by atoms with van der Waals surface area (Å²) < 4.78 is 5.17. The Morgan fingerprint density at radius 2 is 2.00 bits per heavy atom. The summed E-state index contributed by atoms with van der Waals surface area (Å²) in [6.07, 6.45) is 1.38. The molecule has 0 heterocycles. The summed E-state index contributed by atoms with van der Waals surface area (Å²) in [4.78, 5) is 11.7. The maximum atomic E-state index is 11.7. The number of hydrogen-bond donors (Lipinski definition) is 0. The summed E-state index contributed by atoms with van der Waals surface area (Å²) in [6, 6.07) is 9.34. The van der Waals surface area contributed by atoms with Crippen LogP contribution in [0.25, 0.3) is 0 Å². The van der Waals surface area contributed by atoms with E-state index in [1.807, 2.05) is 37.3 Å². The van der Waals surface area contributed by atoms with Crippen LogP contribution in [-0.4, -0.2) is 19.0 Å². The lowest BCUT2D eigenvalue weighted by molar-refractivity contribution is 0.0718. The van der Waals surface area contributed by atoms with Crippen molar-refractivity contribution in [2.45, 2.75) is 25.9 Å². The Balaban J connectivity index is 2.59. The average molecular weight is 192 g/mol. The molecular formula is C12H16O2. The Morgan fingerprint density at radius 3 is 2.50 bits per heavy atom. The molecule has 14 heavy (non-hydrogen) atoms. The number of ether oxygens (including phenoxy) is 1. The molecule has 1 atom stereocenters. The number of methoxy groups -OCH3 is 1. The molecule has 1 unspecified atom stereocenters. The van der Waals surface area contributed by atoms with E-state index in [9.17, 15) is 4.79 Å². The van der Waals surface area contributed by atoms with Gasteiger partial charge in [-0.1, -0.05) is 37.3 Å². The monoisotopic (exact) mass is 192 g/mol. The van der Waals surface area contributed by atoms with Gasteiger partial charge in [-0.3, -0.25) is 4.79 Å². The smallest absolute Gasteiger partial charge is 0.165 e. The highest BCUT2D eigenvalue weighted by atomic mass is 16.5. The first-order valence-electron chi connectivity index (χ1n) is 4.89. The van der Waals surface area contributed by atoms with Crippen molar-refractivity contribution in [3.05, 3.63) is 35.9 Å². The standard InChI is InChI=1S/C12H16O2/c1-3-11(14-2)9-12(13)10-7-5-4-6-8-10/h4-8,11H,3,9H2,1-2H3. The van der Waals surface area contributed by atoms with Gasteiger partial charge in [-0.25, -0.2) is 0 Å². The first kappa shape index (κ1) is 10.9. The second-order valence-electron chi connectivity index (χ2n) is 3.26. The molecule has 0 aromatic heterocycles. The Kier molecular flexibility index (Phi) is 4.33. The Hall–Kier alpha value is -1.15. The van der Waals surface area contributed by atoms with Crippen LogP contribution in [-0.2, 0) is 4.74 Å². The fraction of sp³-hybridized carbons (Fsp3) is 0.417. The molecule has 1 aromatic rings. The quantitative estimate of drug-likeness (QED) is 0.670. The van der Waals surface area contributed by atoms with Gasteiger partial charge in [-0.05, 0) is 6.42 Å². The fourth-order valence-corrected chi connectivity index (χ4v) is 1.34. The lowest BCUT2D eigenvalue weighted by atomic mass is 10.0. The molecule has 0 radical (unpaired) electrons. The second kappa shape index (κ2) is 5.55. The first-order valence-corrected chi connectivity index (χ1v) is 4.89. The number of hydrogen-bond acceptors (Lipinski definition) is 2. The van der Waals surface area contributed by atoms with Crippen LogP contribution in [0, 0.1) is 0 Å². The summed E-state index contributed by atoms with van der Waals surface area (Å²) in [6.45, 7) is 2.02. The lowest BCUT2D eigenvalue weighted by Gasteiger charge is -2.11. The van der Waals surface area contributed by atoms with Crippen LogP contribution in [0.4, 0.5) is 0 Å². The molecule has 0 bridgehead atoms. The maximum Gasteiger partial charge on any atom is 0.165 e. The molecule has 2 nitrogen and oxygen atoms in total. The molecule has 1 rings (SSSR count). The molecule has 0 spiro atoms. The van der Waals surface area contributed by atoms with E-state index in [1.165, 1.54) is 0 Å². The molecule has 0 saturated heterocycles. The predicted octanol–water partition coefficient (Wildman–Crippen LogP) is 2.68. The van der Waals surface area contributed by atoms with Gasteiger partial charge in [-0.2, -0.15) is 0 Å². The van der Waals surface area contributed by atoms with Gasteiger partial charge >= 0.3 is 0 Å². The summed E-state index contributed by atoms with van der Waals surface area (Å²) in [5.41, 5.74) is 0.767. The summed E-state index contributed by atoms with van der Waals surface area (Å²) in [5, 5.41) is 0. The minimum absolute atomic E-state index is 0.0442. The minimum Gasteiger partial charge on any atom is -0.381 e. The van der Waals surface area contributed by atoms with E-state index in [-0.39, 0.29) is 11.9 Å². The molecule has 76 valence electrons. The largest absolute Gasteiger partial charge is 0.381 e. The first-order chi connectivity index (χ1) is 6.77. The van der Waals surface area contributed by atoms with Crippen molar-refractivity contribution in [3.63, 3.8) is 0 Å². The molecule has 0 N–H and O–H groups in total. The van der Waals surface area contributed by atoms with E-state index in [2.05, 4.69) is 0 Å². The van der Waals surface area contributed by atoms with Gasteiger partial charge in [0.05, 0.1) is 6.10 Å². The van der Waals surface area contributed by atoms with Crippen molar-refractivity contribution < 1.29 is 9.53 Å². The van der Waals surface area contributed by atoms with E-state index in [4.69, 9.17) is 4.74 Å². The molecule has 0 aliphatic rings. The number of Topliss-reactive ketones (excluding diaryl/α,β-unsaturated/α-hetero) is 1. The maximum absolute atomic E-state index is 11.7. The number of carbonyl (C=O) groups is 1. The van der Waals surface area contributed by atoms with Crippen LogP contribution in [0.15, 0.2) is 30.3 Å². The highest BCUT2D eigenvalue weighted by Gasteiger charge is 2.12. The van der Waals surface area contributed by atoms with Crippen LogP contribution >= 0.6 is 0 Å². The number of carbonyl (C=O) groups excluding carboxylic acids is 1. The Bertz CT molecular complexity index is 276. The number of ketones is 1. The van der Waals surface area contributed by atoms with E-state index in [0.29, 0.717) is 6.42 Å².